The molecule has 2 heterocycles. The summed E-state index contributed by atoms with van der Waals surface area (Å²) in [6.07, 6.45) is 2.95. The zero-order valence-corrected chi connectivity index (χ0v) is 26.0. The summed E-state index contributed by atoms with van der Waals surface area (Å²) in [5.41, 5.74) is 9.11. The molecule has 6 rings (SSSR count). The van der Waals surface area contributed by atoms with Crippen molar-refractivity contribution in [2.45, 2.75) is 58.4 Å². The van der Waals surface area contributed by atoms with Crippen LogP contribution in [-0.4, -0.2) is 30.8 Å². The number of aromatic nitrogens is 4. The highest BCUT2D eigenvalue weighted by atomic mass is 16.4. The van der Waals surface area contributed by atoms with Crippen molar-refractivity contribution in [3.63, 3.8) is 0 Å². The molecule has 6 heteroatoms. The molecule has 0 aliphatic rings. The topological polar surface area (TPSA) is 80.9 Å². The van der Waals surface area contributed by atoms with Crippen molar-refractivity contribution in [3.8, 4) is 11.1 Å². The molecule has 0 aliphatic heterocycles. The van der Waals surface area contributed by atoms with Gasteiger partial charge in [-0.25, -0.2) is 9.78 Å². The van der Waals surface area contributed by atoms with E-state index in [0.29, 0.717) is 17.7 Å². The molecule has 0 spiro atoms. The zero-order chi connectivity index (χ0) is 31.3. The van der Waals surface area contributed by atoms with Crippen LogP contribution in [0.3, 0.4) is 0 Å². The van der Waals surface area contributed by atoms with Gasteiger partial charge in [-0.05, 0) is 40.3 Å². The molecule has 2 atom stereocenters. The predicted octanol–water partition coefficient (Wildman–Crippen LogP) is 8.89. The molecule has 0 fully saturated rings. The van der Waals surface area contributed by atoms with Crippen molar-refractivity contribution in [1.29, 1.82) is 0 Å². The number of unbranched alkanes of at least 4 members (excludes halogenated alkanes) is 1. The zero-order valence-electron chi connectivity index (χ0n) is 26.0. The van der Waals surface area contributed by atoms with Gasteiger partial charge < -0.3 is 9.67 Å². The van der Waals surface area contributed by atoms with E-state index in [1.807, 2.05) is 36.4 Å². The Kier molecular flexibility index (Phi) is 8.83. The number of rotatable bonds is 11. The van der Waals surface area contributed by atoms with Crippen molar-refractivity contribution in [3.05, 3.63) is 149 Å². The summed E-state index contributed by atoms with van der Waals surface area (Å²) in [6.45, 7) is 7.19. The number of fused-ring (bicyclic) bond motifs is 1. The van der Waals surface area contributed by atoms with Gasteiger partial charge >= 0.3 is 5.97 Å². The normalized spacial score (nSPS) is 12.7. The summed E-state index contributed by atoms with van der Waals surface area (Å²) in [7, 11) is 0. The molecule has 45 heavy (non-hydrogen) atoms. The predicted molar refractivity (Wildman–Crippen MR) is 180 cm³/mol. The van der Waals surface area contributed by atoms with Gasteiger partial charge in [0.15, 0.2) is 0 Å². The fraction of sp³-hybridized carbons (Fsp3) is 0.231. The minimum Gasteiger partial charge on any atom is -0.478 e. The highest BCUT2D eigenvalue weighted by Crippen LogP contribution is 2.35. The number of hydrogen-bond acceptors (Lipinski definition) is 4. The smallest absolute Gasteiger partial charge is 0.336 e. The average Bonchev–Trinajstić information content (AvgIpc) is 3.45. The number of carbonyl (C=O) groups is 1. The van der Waals surface area contributed by atoms with E-state index in [9.17, 15) is 9.90 Å². The van der Waals surface area contributed by atoms with Crippen molar-refractivity contribution < 1.29 is 9.90 Å². The number of hydrogen-bond donors (Lipinski definition) is 1. The third kappa shape index (κ3) is 6.14. The van der Waals surface area contributed by atoms with Crippen LogP contribution in [0.4, 0.5) is 0 Å². The molecule has 1 N–H and O–H groups in total. The Morgan fingerprint density at radius 3 is 1.96 bits per heavy atom. The van der Waals surface area contributed by atoms with Crippen LogP contribution < -0.4 is 0 Å². The number of nitrogens with zero attached hydrogens (tertiary/aromatic N) is 4. The van der Waals surface area contributed by atoms with Gasteiger partial charge in [0.2, 0.25) is 0 Å². The molecule has 0 bridgehead atoms. The lowest BCUT2D eigenvalue weighted by Crippen LogP contribution is -2.11. The van der Waals surface area contributed by atoms with Crippen LogP contribution in [0.5, 0.6) is 0 Å². The average molecular weight is 595 g/mol. The molecule has 6 nitrogen and oxygen atoms in total. The van der Waals surface area contributed by atoms with Gasteiger partial charge in [0.1, 0.15) is 11.3 Å². The third-order valence-electron chi connectivity index (χ3n) is 8.73. The molecular weight excluding hydrogens is 556 g/mol. The quantitative estimate of drug-likeness (QED) is 0.162. The molecule has 2 aromatic heterocycles. The number of benzene rings is 4. The molecule has 0 saturated carbocycles. The molecule has 0 saturated heterocycles. The molecule has 2 unspecified atom stereocenters. The van der Waals surface area contributed by atoms with E-state index in [0.717, 1.165) is 58.6 Å². The molecule has 226 valence electrons. The van der Waals surface area contributed by atoms with Gasteiger partial charge in [-0.3, -0.25) is 0 Å². The largest absolute Gasteiger partial charge is 0.478 e. The first-order valence-corrected chi connectivity index (χ1v) is 15.7. The van der Waals surface area contributed by atoms with Gasteiger partial charge in [0.25, 0.3) is 0 Å². The number of carboxylic acid groups (broad SMARTS) is 1. The lowest BCUT2D eigenvalue weighted by atomic mass is 9.93. The highest BCUT2D eigenvalue weighted by molar-refractivity contribution is 5.96. The van der Waals surface area contributed by atoms with Crippen LogP contribution in [0.2, 0.25) is 0 Å². The lowest BCUT2D eigenvalue weighted by molar-refractivity contribution is 0.0697. The molecular formula is C39H38N4O2. The van der Waals surface area contributed by atoms with Gasteiger partial charge in [-0.15, -0.1) is 0 Å². The molecule has 0 amide bonds. The first kappa shape index (κ1) is 29.9. The van der Waals surface area contributed by atoms with Crippen LogP contribution in [0, 0.1) is 0 Å². The molecule has 0 aliphatic carbocycles. The highest BCUT2D eigenvalue weighted by Gasteiger charge is 2.26. The Bertz CT molecular complexity index is 1910. The maximum atomic E-state index is 11.9. The standard InChI is InChI=1S/C39H38N4O2/c1-4-5-20-34-40-37-35(26(2)29-14-8-6-9-15-29)41-42-36(27(3)30-16-10-7-11-17-30)38(37)43(34)25-28-21-23-31(24-22-28)32-18-12-13-19-33(32)39(44)45/h6-19,21-24,26-27H,4-5,20,25H2,1-3H3,(H,44,45). The van der Waals surface area contributed by atoms with Crippen LogP contribution in [-0.2, 0) is 13.0 Å². The fourth-order valence-electron chi connectivity index (χ4n) is 6.11. The Morgan fingerprint density at radius 2 is 1.33 bits per heavy atom. The van der Waals surface area contributed by atoms with Crippen molar-refractivity contribution >= 4 is 17.0 Å². The van der Waals surface area contributed by atoms with E-state index in [1.165, 1.54) is 11.1 Å². The molecule has 6 aromatic rings. The molecule has 4 aromatic carbocycles. The Morgan fingerprint density at radius 1 is 0.756 bits per heavy atom. The Labute approximate surface area is 264 Å². The van der Waals surface area contributed by atoms with Crippen LogP contribution >= 0.6 is 0 Å². The van der Waals surface area contributed by atoms with E-state index in [1.54, 1.807) is 12.1 Å². The van der Waals surface area contributed by atoms with Crippen LogP contribution in [0.15, 0.2) is 109 Å². The first-order chi connectivity index (χ1) is 22.0. The summed E-state index contributed by atoms with van der Waals surface area (Å²) in [5, 5.41) is 19.5. The van der Waals surface area contributed by atoms with Gasteiger partial charge in [-0.1, -0.05) is 130 Å². The maximum Gasteiger partial charge on any atom is 0.336 e. The number of imidazole rings is 1. The van der Waals surface area contributed by atoms with E-state index < -0.39 is 5.97 Å². The summed E-state index contributed by atoms with van der Waals surface area (Å²) >= 11 is 0. The summed E-state index contributed by atoms with van der Waals surface area (Å²) in [5.74, 6) is 0.150. The minimum absolute atomic E-state index is 0.0200. The van der Waals surface area contributed by atoms with Gasteiger partial charge in [0, 0.05) is 24.8 Å². The van der Waals surface area contributed by atoms with Gasteiger partial charge in [-0.2, -0.15) is 10.2 Å². The monoisotopic (exact) mass is 594 g/mol. The second-order valence-electron chi connectivity index (χ2n) is 11.7. The van der Waals surface area contributed by atoms with E-state index in [-0.39, 0.29) is 11.8 Å². The second kappa shape index (κ2) is 13.3. The first-order valence-electron chi connectivity index (χ1n) is 15.7. The Hall–Kier alpha value is -5.10. The molecule has 0 radical (unpaired) electrons. The van der Waals surface area contributed by atoms with E-state index in [2.05, 4.69) is 86.0 Å². The van der Waals surface area contributed by atoms with E-state index in [4.69, 9.17) is 15.2 Å². The van der Waals surface area contributed by atoms with Crippen molar-refractivity contribution in [1.82, 2.24) is 19.7 Å². The van der Waals surface area contributed by atoms with Crippen LogP contribution in [0.25, 0.3) is 22.2 Å². The summed E-state index contributed by atoms with van der Waals surface area (Å²) in [4.78, 5) is 17.2. The summed E-state index contributed by atoms with van der Waals surface area (Å²) in [6, 6.07) is 36.2. The minimum atomic E-state index is -0.929. The fourth-order valence-corrected chi connectivity index (χ4v) is 6.11. The number of carboxylic acids is 1. The second-order valence-corrected chi connectivity index (χ2v) is 11.7. The van der Waals surface area contributed by atoms with Gasteiger partial charge in [0.05, 0.1) is 22.5 Å². The SMILES string of the molecule is CCCCc1nc2c(C(C)c3ccccc3)nnc(C(C)c3ccccc3)c2n1Cc1ccc(-c2ccccc2C(=O)O)cc1. The van der Waals surface area contributed by atoms with Crippen LogP contribution in [0.1, 0.15) is 89.7 Å². The Balaban J connectivity index is 1.49. The third-order valence-corrected chi connectivity index (χ3v) is 8.73. The number of aryl methyl sites for hydroxylation is 1. The van der Waals surface area contributed by atoms with Crippen molar-refractivity contribution in [2.75, 3.05) is 0 Å². The lowest BCUT2D eigenvalue weighted by Gasteiger charge is -2.18. The van der Waals surface area contributed by atoms with Crippen molar-refractivity contribution in [2.24, 2.45) is 0 Å². The van der Waals surface area contributed by atoms with E-state index >= 15 is 0 Å². The summed E-state index contributed by atoms with van der Waals surface area (Å²) < 4.78 is 2.34. The number of aromatic carboxylic acids is 1. The maximum absolute atomic E-state index is 11.9.